The maximum absolute atomic E-state index is 12.1. The van der Waals surface area contributed by atoms with Crippen LogP contribution in [0.4, 0.5) is 5.69 Å². The van der Waals surface area contributed by atoms with Crippen LogP contribution in [0.15, 0.2) is 12.1 Å². The van der Waals surface area contributed by atoms with Gasteiger partial charge < -0.3 is 14.8 Å². The predicted octanol–water partition coefficient (Wildman–Crippen LogP) is 1.61. The Hall–Kier alpha value is -1.40. The molecule has 104 valence electrons. The molecule has 1 heterocycles. The van der Waals surface area contributed by atoms with Gasteiger partial charge in [0.25, 0.3) is 0 Å². The summed E-state index contributed by atoms with van der Waals surface area (Å²) >= 11 is 1.72. The number of hydrogen-bond donors (Lipinski definition) is 2. The molecular weight excluding hydrogens is 264 g/mol. The minimum Gasteiger partial charge on any atom is -0.496 e. The lowest BCUT2D eigenvalue weighted by Crippen LogP contribution is -2.37. The van der Waals surface area contributed by atoms with E-state index in [9.17, 15) is 4.79 Å². The quantitative estimate of drug-likeness (QED) is 0.878. The van der Waals surface area contributed by atoms with E-state index in [0.29, 0.717) is 11.4 Å². The third-order valence-electron chi connectivity index (χ3n) is 3.07. The van der Waals surface area contributed by atoms with Crippen LogP contribution < -0.4 is 20.1 Å². The van der Waals surface area contributed by atoms with Gasteiger partial charge in [-0.2, -0.15) is 0 Å². The molecule has 0 saturated carbocycles. The molecule has 1 aliphatic heterocycles. The van der Waals surface area contributed by atoms with E-state index in [1.54, 1.807) is 32.0 Å². The number of thioether (sulfide) groups is 1. The molecule has 0 aliphatic carbocycles. The molecule has 0 bridgehead atoms. The Labute approximate surface area is 117 Å². The van der Waals surface area contributed by atoms with Gasteiger partial charge in [-0.15, -0.1) is 11.8 Å². The molecule has 1 aromatic rings. The highest BCUT2D eigenvalue weighted by Gasteiger charge is 2.23. The first-order valence-corrected chi connectivity index (χ1v) is 7.16. The van der Waals surface area contributed by atoms with Gasteiger partial charge in [-0.3, -0.25) is 10.1 Å². The number of nitrogens with one attached hydrogen (secondary N) is 2. The molecule has 1 amide bonds. The lowest BCUT2D eigenvalue weighted by Gasteiger charge is -2.16. The van der Waals surface area contributed by atoms with Crippen LogP contribution in [0.2, 0.25) is 0 Å². The van der Waals surface area contributed by atoms with Crippen molar-refractivity contribution in [3.63, 3.8) is 0 Å². The highest BCUT2D eigenvalue weighted by molar-refractivity contribution is 7.99. The van der Waals surface area contributed by atoms with Gasteiger partial charge in [-0.05, 0) is 19.1 Å². The Morgan fingerprint density at radius 1 is 1.42 bits per heavy atom. The van der Waals surface area contributed by atoms with E-state index in [1.807, 2.05) is 13.0 Å². The minimum absolute atomic E-state index is 0.0344. The maximum atomic E-state index is 12.1. The van der Waals surface area contributed by atoms with E-state index in [-0.39, 0.29) is 11.9 Å². The molecule has 1 aliphatic rings. The summed E-state index contributed by atoms with van der Waals surface area (Å²) < 4.78 is 10.6. The highest BCUT2D eigenvalue weighted by atomic mass is 32.2. The molecule has 0 aromatic heterocycles. The van der Waals surface area contributed by atoms with Crippen molar-refractivity contribution in [3.8, 4) is 11.5 Å². The number of ether oxygens (including phenoxy) is 2. The zero-order chi connectivity index (χ0) is 13.8. The molecule has 1 atom stereocenters. The molecule has 1 aromatic carbocycles. The number of carbonyl (C=O) groups excluding carboxylic acids is 1. The van der Waals surface area contributed by atoms with Crippen molar-refractivity contribution >= 4 is 23.4 Å². The van der Waals surface area contributed by atoms with Crippen molar-refractivity contribution in [2.24, 2.45) is 0 Å². The summed E-state index contributed by atoms with van der Waals surface area (Å²) in [4.78, 5) is 12.1. The summed E-state index contributed by atoms with van der Waals surface area (Å²) in [5, 5.41) is 6.04. The summed E-state index contributed by atoms with van der Waals surface area (Å²) in [5.74, 6) is 2.95. The lowest BCUT2D eigenvalue weighted by molar-refractivity contribution is -0.117. The topological polar surface area (TPSA) is 59.6 Å². The van der Waals surface area contributed by atoms with E-state index >= 15 is 0 Å². The molecule has 0 radical (unpaired) electrons. The molecule has 6 heteroatoms. The van der Waals surface area contributed by atoms with Gasteiger partial charge in [0.05, 0.1) is 25.9 Å². The van der Waals surface area contributed by atoms with Crippen LogP contribution in [-0.4, -0.2) is 37.8 Å². The van der Waals surface area contributed by atoms with Crippen LogP contribution in [0, 0.1) is 6.92 Å². The lowest BCUT2D eigenvalue weighted by atomic mass is 10.1. The molecule has 0 spiro atoms. The molecule has 2 rings (SSSR count). The molecule has 1 fully saturated rings. The van der Waals surface area contributed by atoms with Crippen molar-refractivity contribution in [3.05, 3.63) is 17.7 Å². The molecule has 19 heavy (non-hydrogen) atoms. The van der Waals surface area contributed by atoms with Crippen molar-refractivity contribution < 1.29 is 14.3 Å². The van der Waals surface area contributed by atoms with Crippen molar-refractivity contribution in [1.29, 1.82) is 0 Å². The van der Waals surface area contributed by atoms with Crippen LogP contribution in [0.25, 0.3) is 0 Å². The van der Waals surface area contributed by atoms with Gasteiger partial charge in [0.15, 0.2) is 0 Å². The van der Waals surface area contributed by atoms with Crippen molar-refractivity contribution in [2.45, 2.75) is 13.0 Å². The van der Waals surface area contributed by atoms with Gasteiger partial charge in [-0.25, -0.2) is 0 Å². The second-order valence-corrected chi connectivity index (χ2v) is 5.26. The minimum atomic E-state index is -0.142. The van der Waals surface area contributed by atoms with E-state index in [4.69, 9.17) is 9.47 Å². The van der Waals surface area contributed by atoms with Crippen LogP contribution in [0.3, 0.4) is 0 Å². The largest absolute Gasteiger partial charge is 0.496 e. The number of methoxy groups -OCH3 is 2. The smallest absolute Gasteiger partial charge is 0.242 e. The van der Waals surface area contributed by atoms with Gasteiger partial charge in [0, 0.05) is 17.2 Å². The van der Waals surface area contributed by atoms with E-state index in [1.165, 1.54) is 0 Å². The number of hydrogen-bond acceptors (Lipinski definition) is 5. The van der Waals surface area contributed by atoms with Gasteiger partial charge in [-0.1, -0.05) is 0 Å². The molecular formula is C13H18N2O3S. The fraction of sp³-hybridized carbons (Fsp3) is 0.462. The van der Waals surface area contributed by atoms with Crippen molar-refractivity contribution in [1.82, 2.24) is 5.32 Å². The van der Waals surface area contributed by atoms with Crippen LogP contribution in [0.1, 0.15) is 5.56 Å². The third-order valence-corrected chi connectivity index (χ3v) is 4.01. The molecule has 2 N–H and O–H groups in total. The standard InChI is InChI=1S/C13H18N2O3S/c1-8-11(17-2)5-4-9(12(8)18-3)15-13(16)10-6-19-7-14-10/h4-5,10,14H,6-7H2,1-3H3,(H,15,16). The normalized spacial score (nSPS) is 18.2. The Morgan fingerprint density at radius 2 is 2.21 bits per heavy atom. The first-order chi connectivity index (χ1) is 9.17. The SMILES string of the molecule is COc1ccc(NC(=O)C2CSCN2)c(OC)c1C. The first-order valence-electron chi connectivity index (χ1n) is 6.01. The van der Waals surface area contributed by atoms with Crippen LogP contribution in [0.5, 0.6) is 11.5 Å². The second kappa shape index (κ2) is 6.16. The Bertz CT molecular complexity index is 473. The number of benzene rings is 1. The molecule has 5 nitrogen and oxygen atoms in total. The average Bonchev–Trinajstić information content (AvgIpc) is 2.93. The van der Waals surface area contributed by atoms with Crippen molar-refractivity contribution in [2.75, 3.05) is 31.2 Å². The fourth-order valence-electron chi connectivity index (χ4n) is 2.04. The number of anilines is 1. The highest BCUT2D eigenvalue weighted by Crippen LogP contribution is 2.35. The van der Waals surface area contributed by atoms with Crippen LogP contribution >= 0.6 is 11.8 Å². The number of rotatable bonds is 4. The molecule has 1 unspecified atom stereocenters. The molecule has 1 saturated heterocycles. The Morgan fingerprint density at radius 3 is 2.79 bits per heavy atom. The summed E-state index contributed by atoms with van der Waals surface area (Å²) in [5.41, 5.74) is 1.54. The predicted molar refractivity (Wildman–Crippen MR) is 77.2 cm³/mol. The Balaban J connectivity index is 2.19. The maximum Gasteiger partial charge on any atom is 0.242 e. The summed E-state index contributed by atoms with van der Waals surface area (Å²) in [7, 11) is 3.20. The summed E-state index contributed by atoms with van der Waals surface area (Å²) in [6, 6.07) is 3.48. The third kappa shape index (κ3) is 2.96. The monoisotopic (exact) mass is 282 g/mol. The average molecular weight is 282 g/mol. The van der Waals surface area contributed by atoms with Gasteiger partial charge in [0.1, 0.15) is 11.5 Å². The van der Waals surface area contributed by atoms with E-state index in [0.717, 1.165) is 22.9 Å². The van der Waals surface area contributed by atoms with Gasteiger partial charge >= 0.3 is 0 Å². The second-order valence-electron chi connectivity index (χ2n) is 4.23. The van der Waals surface area contributed by atoms with Gasteiger partial charge in [0.2, 0.25) is 5.91 Å². The number of amides is 1. The zero-order valence-electron chi connectivity index (χ0n) is 11.3. The summed E-state index contributed by atoms with van der Waals surface area (Å²) in [6.07, 6.45) is 0. The zero-order valence-corrected chi connectivity index (χ0v) is 12.1. The summed E-state index contributed by atoms with van der Waals surface area (Å²) in [6.45, 7) is 1.90. The van der Waals surface area contributed by atoms with E-state index < -0.39 is 0 Å². The fourth-order valence-corrected chi connectivity index (χ4v) is 2.98. The van der Waals surface area contributed by atoms with Crippen LogP contribution in [-0.2, 0) is 4.79 Å². The first kappa shape index (κ1) is 14.0. The number of carbonyl (C=O) groups is 1. The van der Waals surface area contributed by atoms with E-state index in [2.05, 4.69) is 10.6 Å². The Kier molecular flexibility index (Phi) is 4.55.